The summed E-state index contributed by atoms with van der Waals surface area (Å²) in [5.41, 5.74) is 0.625. The zero-order chi connectivity index (χ0) is 18.8. The van der Waals surface area contributed by atoms with Crippen LogP contribution in [0.15, 0.2) is 52.9 Å². The molecule has 2 aromatic carbocycles. The number of hydrogen-bond donors (Lipinski definition) is 2. The topological polar surface area (TPSA) is 79.5 Å². The van der Waals surface area contributed by atoms with Crippen molar-refractivity contribution >= 4 is 40.8 Å². The molecule has 0 aliphatic carbocycles. The van der Waals surface area contributed by atoms with E-state index in [0.717, 1.165) is 0 Å². The van der Waals surface area contributed by atoms with Crippen LogP contribution in [0.3, 0.4) is 0 Å². The lowest BCUT2D eigenvalue weighted by molar-refractivity contribution is 0.0696. The van der Waals surface area contributed by atoms with E-state index < -0.39 is 17.7 Å². The number of rotatable bonds is 4. The monoisotopic (exact) mass is 393 g/mol. The first kappa shape index (κ1) is 18.0. The number of benzene rings is 2. The van der Waals surface area contributed by atoms with E-state index in [0.29, 0.717) is 11.3 Å². The molecule has 0 bridgehead atoms. The van der Waals surface area contributed by atoms with E-state index in [-0.39, 0.29) is 27.1 Å². The van der Waals surface area contributed by atoms with Gasteiger partial charge in [-0.25, -0.2) is 9.18 Å². The average molecular weight is 394 g/mol. The molecule has 3 aromatic rings. The van der Waals surface area contributed by atoms with E-state index in [9.17, 15) is 14.0 Å². The zero-order valence-electron chi connectivity index (χ0n) is 12.9. The third kappa shape index (κ3) is 3.71. The summed E-state index contributed by atoms with van der Waals surface area (Å²) in [4.78, 5) is 23.4. The molecular weight excluding hydrogens is 384 g/mol. The Morgan fingerprint density at radius 2 is 1.77 bits per heavy atom. The van der Waals surface area contributed by atoms with Crippen LogP contribution in [-0.2, 0) is 0 Å². The van der Waals surface area contributed by atoms with E-state index >= 15 is 0 Å². The van der Waals surface area contributed by atoms with Crippen molar-refractivity contribution < 1.29 is 23.5 Å². The van der Waals surface area contributed by atoms with Crippen molar-refractivity contribution in [1.29, 1.82) is 0 Å². The van der Waals surface area contributed by atoms with Gasteiger partial charge in [0.15, 0.2) is 5.76 Å². The fraction of sp³-hybridized carbons (Fsp3) is 0. The number of carbonyl (C=O) groups is 2. The molecule has 0 spiro atoms. The van der Waals surface area contributed by atoms with Crippen LogP contribution in [0.1, 0.15) is 20.9 Å². The molecule has 0 radical (unpaired) electrons. The van der Waals surface area contributed by atoms with Crippen molar-refractivity contribution in [3.63, 3.8) is 0 Å². The first-order valence-corrected chi connectivity index (χ1v) is 8.00. The Labute approximate surface area is 157 Å². The van der Waals surface area contributed by atoms with Gasteiger partial charge in [-0.3, -0.25) is 4.79 Å². The van der Waals surface area contributed by atoms with E-state index in [1.54, 1.807) is 6.07 Å². The lowest BCUT2D eigenvalue weighted by Crippen LogP contribution is -2.11. The first-order chi connectivity index (χ1) is 12.3. The standard InChI is InChI=1S/C18H10Cl2FNO4/c19-12-3-2-10(8-11(12)18(24)25)22-17(23)16-6-5-15(26-16)9-1-4-14(21)13(20)7-9/h1-8H,(H,22,23)(H,24,25). The highest BCUT2D eigenvalue weighted by Gasteiger charge is 2.15. The number of anilines is 1. The van der Waals surface area contributed by atoms with Crippen LogP contribution in [0, 0.1) is 5.82 Å². The number of furan rings is 1. The van der Waals surface area contributed by atoms with Crippen LogP contribution in [0.25, 0.3) is 11.3 Å². The van der Waals surface area contributed by atoms with Crippen molar-refractivity contribution in [3.8, 4) is 11.3 Å². The highest BCUT2D eigenvalue weighted by molar-refractivity contribution is 6.33. The molecule has 0 fully saturated rings. The Kier molecular flexibility index (Phi) is 4.97. The quantitative estimate of drug-likeness (QED) is 0.626. The van der Waals surface area contributed by atoms with Crippen molar-refractivity contribution in [2.75, 3.05) is 5.32 Å². The van der Waals surface area contributed by atoms with Gasteiger partial charge in [0.05, 0.1) is 15.6 Å². The first-order valence-electron chi connectivity index (χ1n) is 7.24. The SMILES string of the molecule is O=C(Nc1ccc(Cl)c(C(=O)O)c1)c1ccc(-c2ccc(F)c(Cl)c2)o1. The summed E-state index contributed by atoms with van der Waals surface area (Å²) in [5, 5.41) is 11.6. The number of carboxylic acids is 1. The highest BCUT2D eigenvalue weighted by atomic mass is 35.5. The molecular formula is C18H10Cl2FNO4. The number of carbonyl (C=O) groups excluding carboxylic acids is 1. The molecule has 8 heteroatoms. The lowest BCUT2D eigenvalue weighted by Gasteiger charge is -2.06. The number of hydrogen-bond acceptors (Lipinski definition) is 3. The van der Waals surface area contributed by atoms with Gasteiger partial charge in [0.2, 0.25) is 0 Å². The molecule has 26 heavy (non-hydrogen) atoms. The molecule has 2 N–H and O–H groups in total. The minimum Gasteiger partial charge on any atom is -0.478 e. The average Bonchev–Trinajstić information content (AvgIpc) is 3.09. The summed E-state index contributed by atoms with van der Waals surface area (Å²) in [6.07, 6.45) is 0. The fourth-order valence-corrected chi connectivity index (χ4v) is 2.60. The third-order valence-electron chi connectivity index (χ3n) is 3.49. The van der Waals surface area contributed by atoms with Gasteiger partial charge in [0.1, 0.15) is 11.6 Å². The van der Waals surface area contributed by atoms with Crippen LogP contribution in [0.5, 0.6) is 0 Å². The van der Waals surface area contributed by atoms with Crippen LogP contribution >= 0.6 is 23.2 Å². The molecule has 1 amide bonds. The van der Waals surface area contributed by atoms with E-state index in [1.807, 2.05) is 0 Å². The van der Waals surface area contributed by atoms with Gasteiger partial charge in [-0.2, -0.15) is 0 Å². The molecule has 0 aliphatic heterocycles. The summed E-state index contributed by atoms with van der Waals surface area (Å²) in [5.74, 6) is -2.02. The Morgan fingerprint density at radius 1 is 1.00 bits per heavy atom. The molecule has 0 unspecified atom stereocenters. The van der Waals surface area contributed by atoms with Gasteiger partial charge in [-0.1, -0.05) is 23.2 Å². The maximum atomic E-state index is 13.2. The maximum Gasteiger partial charge on any atom is 0.337 e. The van der Waals surface area contributed by atoms with Crippen LogP contribution in [0.4, 0.5) is 10.1 Å². The second kappa shape index (κ2) is 7.19. The summed E-state index contributed by atoms with van der Waals surface area (Å²) in [6.45, 7) is 0. The lowest BCUT2D eigenvalue weighted by atomic mass is 10.2. The number of carboxylic acid groups (broad SMARTS) is 1. The molecule has 0 aliphatic rings. The number of amides is 1. The van der Waals surface area contributed by atoms with Gasteiger partial charge in [0.25, 0.3) is 5.91 Å². The molecule has 3 rings (SSSR count). The van der Waals surface area contributed by atoms with Gasteiger partial charge in [-0.05, 0) is 48.5 Å². The number of nitrogens with one attached hydrogen (secondary N) is 1. The van der Waals surface area contributed by atoms with Gasteiger partial charge in [0, 0.05) is 11.3 Å². The molecule has 5 nitrogen and oxygen atoms in total. The van der Waals surface area contributed by atoms with Crippen molar-refractivity contribution in [2.24, 2.45) is 0 Å². The Bertz CT molecular complexity index is 1020. The molecule has 1 aromatic heterocycles. The van der Waals surface area contributed by atoms with Gasteiger partial charge < -0.3 is 14.8 Å². The van der Waals surface area contributed by atoms with E-state index in [2.05, 4.69) is 5.32 Å². The minimum atomic E-state index is -1.21. The van der Waals surface area contributed by atoms with Gasteiger partial charge >= 0.3 is 5.97 Å². The van der Waals surface area contributed by atoms with E-state index in [4.69, 9.17) is 32.7 Å². The second-order valence-corrected chi connectivity index (χ2v) is 6.06. The largest absolute Gasteiger partial charge is 0.478 e. The summed E-state index contributed by atoms with van der Waals surface area (Å²) < 4.78 is 18.7. The summed E-state index contributed by atoms with van der Waals surface area (Å²) in [7, 11) is 0. The fourth-order valence-electron chi connectivity index (χ4n) is 2.22. The summed E-state index contributed by atoms with van der Waals surface area (Å²) >= 11 is 11.5. The Balaban J connectivity index is 1.81. The van der Waals surface area contributed by atoms with Crippen LogP contribution in [0.2, 0.25) is 10.0 Å². The third-order valence-corrected chi connectivity index (χ3v) is 4.11. The predicted octanol–water partition coefficient (Wildman–Crippen LogP) is 5.34. The molecule has 0 saturated carbocycles. The predicted molar refractivity (Wildman–Crippen MR) is 95.5 cm³/mol. The van der Waals surface area contributed by atoms with Crippen molar-refractivity contribution in [1.82, 2.24) is 0 Å². The highest BCUT2D eigenvalue weighted by Crippen LogP contribution is 2.27. The number of halogens is 3. The Hall–Kier alpha value is -2.83. The Morgan fingerprint density at radius 3 is 2.46 bits per heavy atom. The summed E-state index contributed by atoms with van der Waals surface area (Å²) in [6, 6.07) is 11.1. The normalized spacial score (nSPS) is 10.6. The minimum absolute atomic E-state index is 0.00716. The smallest absolute Gasteiger partial charge is 0.337 e. The van der Waals surface area contributed by atoms with Crippen molar-refractivity contribution in [3.05, 3.63) is 75.7 Å². The molecule has 1 heterocycles. The maximum absolute atomic E-state index is 13.2. The second-order valence-electron chi connectivity index (χ2n) is 5.25. The van der Waals surface area contributed by atoms with Gasteiger partial charge in [-0.15, -0.1) is 0 Å². The van der Waals surface area contributed by atoms with Crippen molar-refractivity contribution in [2.45, 2.75) is 0 Å². The molecule has 0 saturated heterocycles. The zero-order valence-corrected chi connectivity index (χ0v) is 14.4. The van der Waals surface area contributed by atoms with Crippen LogP contribution < -0.4 is 5.32 Å². The molecule has 132 valence electrons. The number of aromatic carboxylic acids is 1. The van der Waals surface area contributed by atoms with E-state index in [1.165, 1.54) is 42.5 Å². The molecule has 0 atom stereocenters. The van der Waals surface area contributed by atoms with Crippen LogP contribution in [-0.4, -0.2) is 17.0 Å².